The number of likely N-dealkylation sites (N-methyl/N-ethyl adjacent to an activating group) is 1. The maximum atomic E-state index is 12.0. The second-order valence-corrected chi connectivity index (χ2v) is 4.83. The van der Waals surface area contributed by atoms with Gasteiger partial charge >= 0.3 is 0 Å². The van der Waals surface area contributed by atoms with Crippen LogP contribution in [0.5, 0.6) is 0 Å². The van der Waals surface area contributed by atoms with Gasteiger partial charge in [0.25, 0.3) is 0 Å². The number of nitrogens with one attached hydrogen (secondary N) is 1. The number of hydrogen-bond acceptors (Lipinski definition) is 4. The fraction of sp³-hybridized carbons (Fsp3) is 0.750. The lowest BCUT2D eigenvalue weighted by Gasteiger charge is -2.29. The first-order valence-electron chi connectivity index (χ1n) is 6.07. The summed E-state index contributed by atoms with van der Waals surface area (Å²) in [5.74, 6) is 1.85. The van der Waals surface area contributed by atoms with E-state index in [4.69, 9.17) is 0 Å². The molecule has 0 atom stereocenters. The van der Waals surface area contributed by atoms with Crippen molar-refractivity contribution in [2.45, 2.75) is 27.2 Å². The second kappa shape index (κ2) is 6.84. The van der Waals surface area contributed by atoms with Crippen LogP contribution >= 0.6 is 11.8 Å². The smallest absolute Gasteiger partial charge is 0.190 e. The molecule has 16 heavy (non-hydrogen) atoms. The van der Waals surface area contributed by atoms with E-state index in [0.29, 0.717) is 5.75 Å². The Morgan fingerprint density at radius 2 is 1.94 bits per heavy atom. The summed E-state index contributed by atoms with van der Waals surface area (Å²) in [6, 6.07) is 0. The third kappa shape index (κ3) is 3.17. The highest BCUT2D eigenvalue weighted by Gasteiger charge is 2.24. The summed E-state index contributed by atoms with van der Waals surface area (Å²) in [7, 11) is 0. The predicted molar refractivity (Wildman–Crippen MR) is 70.6 cm³/mol. The fourth-order valence-corrected chi connectivity index (χ4v) is 2.74. The molecule has 1 aliphatic rings. The average Bonchev–Trinajstić information content (AvgIpc) is 2.30. The van der Waals surface area contributed by atoms with Gasteiger partial charge in [-0.25, -0.2) is 0 Å². The van der Waals surface area contributed by atoms with Gasteiger partial charge in [0.15, 0.2) is 5.78 Å². The van der Waals surface area contributed by atoms with E-state index in [-0.39, 0.29) is 5.78 Å². The van der Waals surface area contributed by atoms with Gasteiger partial charge in [0, 0.05) is 31.1 Å². The number of Topliss-reactive ketones (excluding diaryl/α,β-unsaturated/α-hetero) is 1. The van der Waals surface area contributed by atoms with Crippen molar-refractivity contribution in [3.63, 3.8) is 0 Å². The summed E-state index contributed by atoms with van der Waals surface area (Å²) in [5, 5.41) is 3.40. The third-order valence-electron chi connectivity index (χ3n) is 2.70. The zero-order valence-corrected chi connectivity index (χ0v) is 11.3. The van der Waals surface area contributed by atoms with Crippen LogP contribution in [0, 0.1) is 0 Å². The monoisotopic (exact) mass is 242 g/mol. The average molecular weight is 242 g/mol. The molecule has 3 nitrogen and oxygen atoms in total. The largest absolute Gasteiger partial charge is 0.386 e. The van der Waals surface area contributed by atoms with Crippen LogP contribution in [0.1, 0.15) is 27.2 Å². The molecule has 0 spiro atoms. The molecular weight excluding hydrogens is 220 g/mol. The number of thioether (sulfide) groups is 1. The summed E-state index contributed by atoms with van der Waals surface area (Å²) in [4.78, 5) is 14.1. The summed E-state index contributed by atoms with van der Waals surface area (Å²) in [6.45, 7) is 9.10. The minimum Gasteiger partial charge on any atom is -0.386 e. The summed E-state index contributed by atoms with van der Waals surface area (Å²) in [6.07, 6.45) is 1.09. The molecule has 0 bridgehead atoms. The number of carbonyl (C=O) groups is 1. The highest BCUT2D eigenvalue weighted by molar-refractivity contribution is 8.00. The molecule has 0 aromatic rings. The first-order valence-corrected chi connectivity index (χ1v) is 7.22. The molecule has 1 aliphatic heterocycles. The van der Waals surface area contributed by atoms with Crippen molar-refractivity contribution in [1.82, 2.24) is 10.2 Å². The van der Waals surface area contributed by atoms with Gasteiger partial charge in [-0.05, 0) is 20.3 Å². The summed E-state index contributed by atoms with van der Waals surface area (Å²) >= 11 is 1.71. The van der Waals surface area contributed by atoms with Crippen LogP contribution in [0.4, 0.5) is 0 Å². The van der Waals surface area contributed by atoms with Crippen molar-refractivity contribution in [3.8, 4) is 0 Å². The zero-order valence-electron chi connectivity index (χ0n) is 10.5. The number of carbonyl (C=O) groups excluding carboxylic acids is 1. The van der Waals surface area contributed by atoms with Crippen molar-refractivity contribution >= 4 is 17.5 Å². The molecule has 4 heteroatoms. The van der Waals surface area contributed by atoms with Crippen LogP contribution in [0.2, 0.25) is 0 Å². The lowest BCUT2D eigenvalue weighted by molar-refractivity contribution is -0.114. The van der Waals surface area contributed by atoms with E-state index in [9.17, 15) is 4.79 Å². The number of rotatable bonds is 6. The van der Waals surface area contributed by atoms with Gasteiger partial charge in [-0.3, -0.25) is 4.79 Å². The van der Waals surface area contributed by atoms with E-state index in [1.807, 2.05) is 0 Å². The Balaban J connectivity index is 2.89. The Morgan fingerprint density at radius 1 is 1.25 bits per heavy atom. The van der Waals surface area contributed by atoms with E-state index in [0.717, 1.165) is 43.2 Å². The maximum absolute atomic E-state index is 12.0. The SMILES string of the molecule is CCCNC1=C(N(CC)CC)C(=O)CSC1. The van der Waals surface area contributed by atoms with Gasteiger partial charge in [0.1, 0.15) is 5.70 Å². The molecule has 0 aromatic carbocycles. The number of ketones is 1. The zero-order chi connectivity index (χ0) is 12.0. The van der Waals surface area contributed by atoms with Gasteiger partial charge in [-0.15, -0.1) is 11.8 Å². The molecule has 0 saturated carbocycles. The highest BCUT2D eigenvalue weighted by Crippen LogP contribution is 2.22. The fourth-order valence-electron chi connectivity index (χ4n) is 1.87. The van der Waals surface area contributed by atoms with E-state index in [1.165, 1.54) is 0 Å². The molecule has 0 saturated heterocycles. The number of hydrogen-bond donors (Lipinski definition) is 1. The second-order valence-electron chi connectivity index (χ2n) is 3.84. The Labute approximate surface area is 103 Å². The summed E-state index contributed by atoms with van der Waals surface area (Å²) < 4.78 is 0. The quantitative estimate of drug-likeness (QED) is 0.770. The minimum absolute atomic E-state index is 0.276. The van der Waals surface area contributed by atoms with Crippen LogP contribution in [-0.2, 0) is 4.79 Å². The van der Waals surface area contributed by atoms with E-state index < -0.39 is 0 Å². The molecular formula is C12H22N2OS. The first kappa shape index (κ1) is 13.4. The van der Waals surface area contributed by atoms with Crippen molar-refractivity contribution in [2.75, 3.05) is 31.1 Å². The van der Waals surface area contributed by atoms with E-state index in [1.54, 1.807) is 11.8 Å². The molecule has 1 heterocycles. The van der Waals surface area contributed by atoms with Crippen LogP contribution in [0.3, 0.4) is 0 Å². The molecule has 0 unspecified atom stereocenters. The Bertz CT molecular complexity index is 272. The molecule has 0 aliphatic carbocycles. The Hall–Kier alpha value is -0.640. The van der Waals surface area contributed by atoms with Crippen molar-refractivity contribution < 1.29 is 4.79 Å². The van der Waals surface area contributed by atoms with E-state index in [2.05, 4.69) is 31.0 Å². The molecule has 0 radical (unpaired) electrons. The third-order valence-corrected chi connectivity index (χ3v) is 3.66. The van der Waals surface area contributed by atoms with Crippen molar-refractivity contribution in [3.05, 3.63) is 11.4 Å². The minimum atomic E-state index is 0.276. The lowest BCUT2D eigenvalue weighted by atomic mass is 10.2. The highest BCUT2D eigenvalue weighted by atomic mass is 32.2. The van der Waals surface area contributed by atoms with Gasteiger partial charge < -0.3 is 10.2 Å². The maximum Gasteiger partial charge on any atom is 0.190 e. The lowest BCUT2D eigenvalue weighted by Crippen LogP contribution is -2.36. The summed E-state index contributed by atoms with van der Waals surface area (Å²) in [5.41, 5.74) is 2.06. The molecule has 0 amide bonds. The van der Waals surface area contributed by atoms with Gasteiger partial charge in [0.2, 0.25) is 0 Å². The topological polar surface area (TPSA) is 32.3 Å². The van der Waals surface area contributed by atoms with E-state index >= 15 is 0 Å². The van der Waals surface area contributed by atoms with Crippen molar-refractivity contribution in [1.29, 1.82) is 0 Å². The Kier molecular flexibility index (Phi) is 5.74. The van der Waals surface area contributed by atoms with Gasteiger partial charge in [-0.2, -0.15) is 0 Å². The molecule has 0 fully saturated rings. The number of nitrogens with zero attached hydrogens (tertiary/aromatic N) is 1. The molecule has 92 valence electrons. The van der Waals surface area contributed by atoms with Crippen LogP contribution in [0.25, 0.3) is 0 Å². The van der Waals surface area contributed by atoms with Crippen LogP contribution in [-0.4, -0.2) is 41.8 Å². The van der Waals surface area contributed by atoms with Crippen molar-refractivity contribution in [2.24, 2.45) is 0 Å². The Morgan fingerprint density at radius 3 is 2.50 bits per heavy atom. The van der Waals surface area contributed by atoms with Crippen LogP contribution in [0.15, 0.2) is 11.4 Å². The van der Waals surface area contributed by atoms with Crippen LogP contribution < -0.4 is 5.32 Å². The number of allylic oxidation sites excluding steroid dienone is 1. The standard InChI is InChI=1S/C12H22N2OS/c1-4-7-13-10-8-16-9-11(15)12(10)14(5-2)6-3/h13H,4-9H2,1-3H3. The van der Waals surface area contributed by atoms with Gasteiger partial charge in [0.05, 0.1) is 5.75 Å². The predicted octanol–water partition coefficient (Wildman–Crippen LogP) is 1.86. The molecule has 1 N–H and O–H groups in total. The molecule has 1 rings (SSSR count). The van der Waals surface area contributed by atoms with Gasteiger partial charge in [-0.1, -0.05) is 6.92 Å². The molecule has 0 aromatic heterocycles. The normalized spacial score (nSPS) is 16.6. The first-order chi connectivity index (χ1) is 7.74.